The van der Waals surface area contributed by atoms with Gasteiger partial charge in [-0.1, -0.05) is 55.3 Å². The predicted octanol–water partition coefficient (Wildman–Crippen LogP) is 4.89. The summed E-state index contributed by atoms with van der Waals surface area (Å²) in [7, 11) is 1.00. The van der Waals surface area contributed by atoms with E-state index in [0.29, 0.717) is 6.54 Å². The van der Waals surface area contributed by atoms with Crippen molar-refractivity contribution < 1.29 is 17.9 Å². The van der Waals surface area contributed by atoms with E-state index in [2.05, 4.69) is 62.1 Å². The Morgan fingerprint density at radius 2 is 1.52 bits per heavy atom. The van der Waals surface area contributed by atoms with Crippen LogP contribution in [0, 0.1) is 6.92 Å². The molecule has 1 atom stereocenters. The van der Waals surface area contributed by atoms with E-state index in [9.17, 15) is 13.2 Å². The third kappa shape index (κ3) is 15.3. The van der Waals surface area contributed by atoms with Crippen molar-refractivity contribution in [3.63, 3.8) is 0 Å². The van der Waals surface area contributed by atoms with Crippen LogP contribution in [0.25, 0.3) is 0 Å². The third-order valence-electron chi connectivity index (χ3n) is 4.39. The highest BCUT2D eigenvalue weighted by Gasteiger charge is 2.12. The molecule has 5 nitrogen and oxygen atoms in total. The molecule has 2 rings (SSSR count). The average Bonchev–Trinajstić information content (AvgIpc) is 2.67. The number of carbonyl (C=O) groups excluding carboxylic acids is 1. The topological polar surface area (TPSA) is 63.7 Å². The first-order valence-corrected chi connectivity index (χ1v) is 12.7. The minimum Gasteiger partial charge on any atom is -0.497 e. The first-order chi connectivity index (χ1) is 14.4. The summed E-state index contributed by atoms with van der Waals surface area (Å²) in [6.45, 7) is 8.51. The molecule has 0 aliphatic rings. The number of hydrogen-bond donors (Lipinski definition) is 0. The SMILES string of the molecule is CC(=O)CN(C)C(C)c1ccc(C)cc1.CCCc1ccc(OC)cc1.CS(C)(=O)=O. The lowest BCUT2D eigenvalue weighted by Gasteiger charge is -2.23. The van der Waals surface area contributed by atoms with Gasteiger partial charge in [-0.05, 0) is 57.5 Å². The Labute approximate surface area is 189 Å². The Balaban J connectivity index is 0.000000492. The third-order valence-corrected chi connectivity index (χ3v) is 4.39. The van der Waals surface area contributed by atoms with E-state index in [-0.39, 0.29) is 11.8 Å². The number of ether oxygens (including phenoxy) is 1. The molecule has 0 aliphatic heterocycles. The molecule has 2 aromatic rings. The van der Waals surface area contributed by atoms with Gasteiger partial charge in [0.1, 0.15) is 21.4 Å². The second-order valence-electron chi connectivity index (χ2n) is 7.94. The molecule has 1 unspecified atom stereocenters. The molecule has 31 heavy (non-hydrogen) atoms. The number of benzene rings is 2. The summed E-state index contributed by atoms with van der Waals surface area (Å²) in [5.74, 6) is 1.14. The van der Waals surface area contributed by atoms with Crippen molar-refractivity contribution in [3.8, 4) is 5.75 Å². The van der Waals surface area contributed by atoms with Crippen LogP contribution in [-0.4, -0.2) is 52.3 Å². The van der Waals surface area contributed by atoms with Crippen molar-refractivity contribution in [1.82, 2.24) is 4.90 Å². The van der Waals surface area contributed by atoms with E-state index in [1.54, 1.807) is 14.0 Å². The van der Waals surface area contributed by atoms with Gasteiger partial charge in [0.25, 0.3) is 0 Å². The van der Waals surface area contributed by atoms with Crippen molar-refractivity contribution in [2.45, 2.75) is 46.6 Å². The van der Waals surface area contributed by atoms with E-state index in [1.165, 1.54) is 23.1 Å². The zero-order valence-electron chi connectivity index (χ0n) is 20.3. The number of nitrogens with zero attached hydrogens (tertiary/aromatic N) is 1. The van der Waals surface area contributed by atoms with Gasteiger partial charge >= 0.3 is 0 Å². The minimum atomic E-state index is -2.67. The van der Waals surface area contributed by atoms with Crippen LogP contribution in [0.1, 0.15) is 49.9 Å². The maximum atomic E-state index is 11.0. The highest BCUT2D eigenvalue weighted by Crippen LogP contribution is 2.18. The maximum Gasteiger partial charge on any atom is 0.144 e. The average molecular weight is 450 g/mol. The summed E-state index contributed by atoms with van der Waals surface area (Å²) in [6.07, 6.45) is 4.68. The predicted molar refractivity (Wildman–Crippen MR) is 131 cm³/mol. The molecule has 0 fully saturated rings. The van der Waals surface area contributed by atoms with Crippen LogP contribution >= 0.6 is 0 Å². The Morgan fingerprint density at radius 1 is 1.03 bits per heavy atom. The fraction of sp³-hybridized carbons (Fsp3) is 0.480. The number of carbonyl (C=O) groups is 1. The van der Waals surface area contributed by atoms with Gasteiger partial charge in [0.15, 0.2) is 0 Å². The summed E-state index contributed by atoms with van der Waals surface area (Å²) in [5.41, 5.74) is 3.90. The van der Waals surface area contributed by atoms with E-state index in [0.717, 1.165) is 24.7 Å². The highest BCUT2D eigenvalue weighted by atomic mass is 32.2. The van der Waals surface area contributed by atoms with Crippen LogP contribution in [-0.2, 0) is 21.1 Å². The van der Waals surface area contributed by atoms with Crippen molar-refractivity contribution in [2.75, 3.05) is 33.2 Å². The molecule has 174 valence electrons. The fourth-order valence-corrected chi connectivity index (χ4v) is 2.67. The van der Waals surface area contributed by atoms with Crippen LogP contribution in [0.4, 0.5) is 0 Å². The second kappa shape index (κ2) is 14.8. The fourth-order valence-electron chi connectivity index (χ4n) is 2.67. The number of likely N-dealkylation sites (N-methyl/N-ethyl adjacent to an activating group) is 1. The van der Waals surface area contributed by atoms with E-state index in [1.807, 2.05) is 19.2 Å². The molecule has 0 aliphatic carbocycles. The second-order valence-corrected chi connectivity index (χ2v) is 10.2. The van der Waals surface area contributed by atoms with E-state index < -0.39 is 9.84 Å². The number of hydrogen-bond acceptors (Lipinski definition) is 5. The van der Waals surface area contributed by atoms with Gasteiger partial charge in [-0.2, -0.15) is 0 Å². The minimum absolute atomic E-state index is 0.205. The monoisotopic (exact) mass is 449 g/mol. The van der Waals surface area contributed by atoms with Crippen molar-refractivity contribution in [3.05, 3.63) is 65.2 Å². The lowest BCUT2D eigenvalue weighted by atomic mass is 10.1. The number of sulfone groups is 1. The molecular formula is C25H39NO4S. The molecule has 0 spiro atoms. The number of methoxy groups -OCH3 is 1. The van der Waals surface area contributed by atoms with E-state index in [4.69, 9.17) is 4.74 Å². The largest absolute Gasteiger partial charge is 0.497 e. The maximum absolute atomic E-state index is 11.0. The quantitative estimate of drug-likeness (QED) is 0.602. The van der Waals surface area contributed by atoms with Gasteiger partial charge < -0.3 is 4.74 Å². The molecule has 0 saturated heterocycles. The molecule has 0 N–H and O–H groups in total. The van der Waals surface area contributed by atoms with Crippen LogP contribution in [0.2, 0.25) is 0 Å². The summed E-state index contributed by atoms with van der Waals surface area (Å²) in [5, 5.41) is 0. The zero-order chi connectivity index (χ0) is 24.0. The van der Waals surface area contributed by atoms with Gasteiger partial charge in [0.2, 0.25) is 0 Å². The van der Waals surface area contributed by atoms with Crippen LogP contribution in [0.5, 0.6) is 5.75 Å². The highest BCUT2D eigenvalue weighted by molar-refractivity contribution is 7.89. The first-order valence-electron chi connectivity index (χ1n) is 10.4. The van der Waals surface area contributed by atoms with Crippen molar-refractivity contribution in [1.29, 1.82) is 0 Å². The molecule has 0 radical (unpaired) electrons. The Hall–Kier alpha value is -2.18. The molecule has 0 heterocycles. The van der Waals surface area contributed by atoms with Gasteiger partial charge in [0.05, 0.1) is 13.7 Å². The van der Waals surface area contributed by atoms with Gasteiger partial charge in [0, 0.05) is 18.6 Å². The van der Waals surface area contributed by atoms with Gasteiger partial charge in [-0.15, -0.1) is 0 Å². The molecule has 0 amide bonds. The molecular weight excluding hydrogens is 410 g/mol. The summed E-state index contributed by atoms with van der Waals surface area (Å²) < 4.78 is 24.3. The lowest BCUT2D eigenvalue weighted by Crippen LogP contribution is -2.27. The van der Waals surface area contributed by atoms with Crippen LogP contribution in [0.3, 0.4) is 0 Å². The molecule has 0 bridgehead atoms. The molecule has 0 aromatic heterocycles. The van der Waals surface area contributed by atoms with E-state index >= 15 is 0 Å². The summed E-state index contributed by atoms with van der Waals surface area (Å²) in [6, 6.07) is 17.0. The van der Waals surface area contributed by atoms with Gasteiger partial charge in [-0.3, -0.25) is 9.69 Å². The Kier molecular flexibility index (Phi) is 13.7. The lowest BCUT2D eigenvalue weighted by molar-refractivity contribution is -0.118. The van der Waals surface area contributed by atoms with Crippen LogP contribution in [0.15, 0.2) is 48.5 Å². The Bertz CT molecular complexity index is 851. The number of ketones is 1. The zero-order valence-corrected chi connectivity index (χ0v) is 21.1. The number of rotatable bonds is 7. The first kappa shape index (κ1) is 28.8. The molecule has 6 heteroatoms. The molecule has 2 aromatic carbocycles. The molecule has 0 saturated carbocycles. The number of Topliss-reactive ketones (excluding diaryl/α,β-unsaturated/α-hetero) is 1. The van der Waals surface area contributed by atoms with Crippen molar-refractivity contribution in [2.24, 2.45) is 0 Å². The Morgan fingerprint density at radius 3 is 1.90 bits per heavy atom. The normalized spacial score (nSPS) is 11.5. The van der Waals surface area contributed by atoms with Gasteiger partial charge in [-0.25, -0.2) is 8.42 Å². The standard InChI is InChI=1S/C13H19NO.C10H14O.C2H6O2S/c1-10-5-7-13(8-6-10)12(3)14(4)9-11(2)15;1-3-4-9-5-7-10(11-2)8-6-9;1-5(2,3)4/h5-8,12H,9H2,1-4H3;5-8H,3-4H2,1-2H3;1-2H3. The smallest absolute Gasteiger partial charge is 0.144 e. The summed E-state index contributed by atoms with van der Waals surface area (Å²) in [4.78, 5) is 13.1. The number of aryl methyl sites for hydroxylation is 2. The van der Waals surface area contributed by atoms with Crippen molar-refractivity contribution >= 4 is 15.6 Å². The van der Waals surface area contributed by atoms with Crippen LogP contribution < -0.4 is 4.74 Å². The summed E-state index contributed by atoms with van der Waals surface area (Å²) >= 11 is 0.